The molecule has 3 nitrogen and oxygen atoms in total. The summed E-state index contributed by atoms with van der Waals surface area (Å²) in [6.45, 7) is 1.10. The van der Waals surface area contributed by atoms with Crippen molar-refractivity contribution in [2.45, 2.75) is 37.8 Å². The minimum atomic E-state index is 0.411. The standard InChI is InChI=1S/C14H16ClN3/c15-10-3-1-4-11-13(10)18(9-6-7-9)14(17-11)12-5-2-8-16-12/h1,3-4,9,12,16H,2,5-8H2. The van der Waals surface area contributed by atoms with Gasteiger partial charge < -0.3 is 9.88 Å². The van der Waals surface area contributed by atoms with Gasteiger partial charge >= 0.3 is 0 Å². The second-order valence-electron chi connectivity index (χ2n) is 5.33. The summed E-state index contributed by atoms with van der Waals surface area (Å²) in [6, 6.07) is 7.05. The molecule has 1 aliphatic carbocycles. The Morgan fingerprint density at radius 3 is 2.89 bits per heavy atom. The molecule has 18 heavy (non-hydrogen) atoms. The summed E-state index contributed by atoms with van der Waals surface area (Å²) in [5.74, 6) is 1.19. The van der Waals surface area contributed by atoms with Crippen LogP contribution >= 0.6 is 11.6 Å². The molecular formula is C14H16ClN3. The van der Waals surface area contributed by atoms with Crippen LogP contribution in [-0.2, 0) is 0 Å². The van der Waals surface area contributed by atoms with Crippen LogP contribution in [0.4, 0.5) is 0 Å². The van der Waals surface area contributed by atoms with Crippen molar-refractivity contribution in [3.8, 4) is 0 Å². The van der Waals surface area contributed by atoms with Crippen molar-refractivity contribution in [3.63, 3.8) is 0 Å². The van der Waals surface area contributed by atoms with Gasteiger partial charge in [-0.05, 0) is 44.4 Å². The molecule has 0 spiro atoms. The van der Waals surface area contributed by atoms with E-state index in [1.54, 1.807) is 0 Å². The summed E-state index contributed by atoms with van der Waals surface area (Å²) in [6.07, 6.45) is 4.95. The van der Waals surface area contributed by atoms with Crippen LogP contribution in [0.5, 0.6) is 0 Å². The average Bonchev–Trinajstić information content (AvgIpc) is 2.93. The second-order valence-corrected chi connectivity index (χ2v) is 5.73. The molecule has 1 saturated heterocycles. The van der Waals surface area contributed by atoms with Crippen LogP contribution in [0.1, 0.15) is 43.6 Å². The summed E-state index contributed by atoms with van der Waals surface area (Å²) >= 11 is 6.37. The summed E-state index contributed by atoms with van der Waals surface area (Å²) in [4.78, 5) is 4.83. The molecule has 0 radical (unpaired) electrons. The van der Waals surface area contributed by atoms with Gasteiger partial charge in [-0.2, -0.15) is 0 Å². The Morgan fingerprint density at radius 1 is 1.28 bits per heavy atom. The van der Waals surface area contributed by atoms with E-state index in [0.717, 1.165) is 22.6 Å². The number of benzene rings is 1. The lowest BCUT2D eigenvalue weighted by Gasteiger charge is -2.13. The number of nitrogens with zero attached hydrogens (tertiary/aromatic N) is 2. The Kier molecular flexibility index (Phi) is 2.39. The molecule has 1 aromatic carbocycles. The number of hydrogen-bond donors (Lipinski definition) is 1. The lowest BCUT2D eigenvalue weighted by atomic mass is 10.2. The number of nitrogens with one attached hydrogen (secondary N) is 1. The van der Waals surface area contributed by atoms with Crippen molar-refractivity contribution in [1.29, 1.82) is 0 Å². The monoisotopic (exact) mass is 261 g/mol. The molecule has 94 valence electrons. The van der Waals surface area contributed by atoms with Gasteiger partial charge in [-0.15, -0.1) is 0 Å². The fourth-order valence-corrected chi connectivity index (χ4v) is 3.24. The molecule has 0 bridgehead atoms. The first-order valence-electron chi connectivity index (χ1n) is 6.74. The number of rotatable bonds is 2. The maximum absolute atomic E-state index is 6.37. The van der Waals surface area contributed by atoms with Gasteiger partial charge in [-0.1, -0.05) is 17.7 Å². The number of fused-ring (bicyclic) bond motifs is 1. The van der Waals surface area contributed by atoms with E-state index in [0.29, 0.717) is 12.1 Å². The van der Waals surface area contributed by atoms with Gasteiger partial charge in [-0.3, -0.25) is 0 Å². The highest BCUT2D eigenvalue weighted by molar-refractivity contribution is 6.35. The summed E-state index contributed by atoms with van der Waals surface area (Å²) in [7, 11) is 0. The van der Waals surface area contributed by atoms with Gasteiger partial charge in [0.25, 0.3) is 0 Å². The molecule has 4 heteroatoms. The molecule has 1 aliphatic heterocycles. The molecule has 1 aromatic heterocycles. The smallest absolute Gasteiger partial charge is 0.127 e. The highest BCUT2D eigenvalue weighted by Crippen LogP contribution is 2.42. The third-order valence-electron chi connectivity index (χ3n) is 3.97. The van der Waals surface area contributed by atoms with Crippen LogP contribution in [0.2, 0.25) is 5.02 Å². The van der Waals surface area contributed by atoms with Gasteiger partial charge in [-0.25, -0.2) is 4.98 Å². The number of hydrogen-bond acceptors (Lipinski definition) is 2. The van der Waals surface area contributed by atoms with E-state index in [1.807, 2.05) is 12.1 Å². The lowest BCUT2D eigenvalue weighted by molar-refractivity contribution is 0.560. The lowest BCUT2D eigenvalue weighted by Crippen LogP contribution is -2.17. The zero-order valence-corrected chi connectivity index (χ0v) is 11.0. The van der Waals surface area contributed by atoms with Crippen molar-refractivity contribution < 1.29 is 0 Å². The Balaban J connectivity index is 1.95. The Bertz CT molecular complexity index is 594. The summed E-state index contributed by atoms with van der Waals surface area (Å²) in [5, 5.41) is 4.38. The molecule has 2 aromatic rings. The van der Waals surface area contributed by atoms with Gasteiger partial charge in [0.05, 0.1) is 22.1 Å². The first kappa shape index (κ1) is 10.8. The molecule has 2 aliphatic rings. The van der Waals surface area contributed by atoms with Crippen LogP contribution in [-0.4, -0.2) is 16.1 Å². The van der Waals surface area contributed by atoms with Gasteiger partial charge in [0, 0.05) is 6.04 Å². The maximum Gasteiger partial charge on any atom is 0.127 e. The Labute approximate surface area is 111 Å². The molecule has 1 unspecified atom stereocenters. The van der Waals surface area contributed by atoms with Crippen LogP contribution in [0.15, 0.2) is 18.2 Å². The van der Waals surface area contributed by atoms with Crippen LogP contribution in [0.25, 0.3) is 11.0 Å². The normalized spacial score (nSPS) is 23.9. The van der Waals surface area contributed by atoms with Crippen molar-refractivity contribution >= 4 is 22.6 Å². The largest absolute Gasteiger partial charge is 0.322 e. The van der Waals surface area contributed by atoms with Crippen molar-refractivity contribution in [2.75, 3.05) is 6.54 Å². The molecule has 0 amide bonds. The third kappa shape index (κ3) is 1.57. The molecule has 1 atom stereocenters. The fraction of sp³-hybridized carbons (Fsp3) is 0.500. The number of imidazole rings is 1. The first-order chi connectivity index (χ1) is 8.84. The SMILES string of the molecule is Clc1cccc2nc(C3CCCN3)n(C3CC3)c12. The predicted molar refractivity (Wildman–Crippen MR) is 73.0 cm³/mol. The zero-order chi connectivity index (χ0) is 12.1. The van der Waals surface area contributed by atoms with E-state index in [1.165, 1.54) is 31.5 Å². The molecule has 4 rings (SSSR count). The highest BCUT2D eigenvalue weighted by atomic mass is 35.5. The van der Waals surface area contributed by atoms with E-state index in [4.69, 9.17) is 16.6 Å². The predicted octanol–water partition coefficient (Wildman–Crippen LogP) is 3.45. The van der Waals surface area contributed by atoms with E-state index in [2.05, 4.69) is 16.0 Å². The first-order valence-corrected chi connectivity index (χ1v) is 7.12. The fourth-order valence-electron chi connectivity index (χ4n) is 2.98. The minimum absolute atomic E-state index is 0.411. The van der Waals surface area contributed by atoms with E-state index >= 15 is 0 Å². The minimum Gasteiger partial charge on any atom is -0.322 e. The van der Waals surface area contributed by atoms with Crippen molar-refractivity contribution in [1.82, 2.24) is 14.9 Å². The average molecular weight is 262 g/mol. The molecule has 1 saturated carbocycles. The zero-order valence-electron chi connectivity index (χ0n) is 10.2. The molecule has 2 fully saturated rings. The number of para-hydroxylation sites is 1. The van der Waals surface area contributed by atoms with Crippen LogP contribution < -0.4 is 5.32 Å². The van der Waals surface area contributed by atoms with E-state index in [9.17, 15) is 0 Å². The maximum atomic E-state index is 6.37. The number of aromatic nitrogens is 2. The molecule has 2 heterocycles. The van der Waals surface area contributed by atoms with Gasteiger partial charge in [0.15, 0.2) is 0 Å². The molecular weight excluding hydrogens is 246 g/mol. The summed E-state index contributed by atoms with van der Waals surface area (Å²) in [5.41, 5.74) is 2.17. The highest BCUT2D eigenvalue weighted by Gasteiger charge is 2.32. The quantitative estimate of drug-likeness (QED) is 0.897. The topological polar surface area (TPSA) is 29.9 Å². The van der Waals surface area contributed by atoms with Crippen molar-refractivity contribution in [3.05, 3.63) is 29.0 Å². The molecule has 1 N–H and O–H groups in total. The van der Waals surface area contributed by atoms with Gasteiger partial charge in [0.1, 0.15) is 5.82 Å². The second kappa shape index (κ2) is 3.97. The van der Waals surface area contributed by atoms with E-state index in [-0.39, 0.29) is 0 Å². The summed E-state index contributed by atoms with van der Waals surface area (Å²) < 4.78 is 2.39. The Morgan fingerprint density at radius 2 is 2.17 bits per heavy atom. The Hall–Kier alpha value is -1.06. The third-order valence-corrected chi connectivity index (χ3v) is 4.28. The van der Waals surface area contributed by atoms with E-state index < -0.39 is 0 Å². The van der Waals surface area contributed by atoms with Crippen LogP contribution in [0, 0.1) is 0 Å². The van der Waals surface area contributed by atoms with Gasteiger partial charge in [0.2, 0.25) is 0 Å². The van der Waals surface area contributed by atoms with Crippen LogP contribution in [0.3, 0.4) is 0 Å². The number of halogens is 1. The van der Waals surface area contributed by atoms with Crippen molar-refractivity contribution in [2.24, 2.45) is 0 Å².